The minimum Gasteiger partial charge on any atom is -0.393 e. The van der Waals surface area contributed by atoms with Crippen molar-refractivity contribution in [3.05, 3.63) is 22.4 Å². The molecule has 84 valence electrons. The molecule has 0 fully saturated rings. The van der Waals surface area contributed by atoms with Gasteiger partial charge in [0.1, 0.15) is 0 Å². The highest BCUT2D eigenvalue weighted by atomic mass is 32.1. The molecule has 2 N–H and O–H groups in total. The molecule has 1 aromatic heterocycles. The second-order valence-corrected chi connectivity index (χ2v) is 5.39. The maximum atomic E-state index is 5.61. The fourth-order valence-electron chi connectivity index (χ4n) is 1.43. The van der Waals surface area contributed by atoms with E-state index in [2.05, 4.69) is 43.3 Å². The fraction of sp³-hybridized carbons (Fsp3) is 0.545. The van der Waals surface area contributed by atoms with E-state index in [0.717, 1.165) is 6.54 Å². The smallest absolute Gasteiger partial charge is 0.0768 e. The van der Waals surface area contributed by atoms with Crippen LogP contribution in [0.15, 0.2) is 17.5 Å². The first kappa shape index (κ1) is 12.6. The largest absolute Gasteiger partial charge is 0.393 e. The third-order valence-electron chi connectivity index (χ3n) is 2.66. The molecule has 1 aromatic rings. The van der Waals surface area contributed by atoms with E-state index >= 15 is 0 Å². The Labute approximate surface area is 101 Å². The maximum absolute atomic E-state index is 5.61. The Hall–Kier alpha value is -0.450. The summed E-state index contributed by atoms with van der Waals surface area (Å²) < 4.78 is 0. The van der Waals surface area contributed by atoms with Gasteiger partial charge in [0.2, 0.25) is 0 Å². The van der Waals surface area contributed by atoms with Crippen LogP contribution in [-0.2, 0) is 0 Å². The molecule has 4 heteroatoms. The van der Waals surface area contributed by atoms with Gasteiger partial charge in [0.15, 0.2) is 0 Å². The van der Waals surface area contributed by atoms with Crippen molar-refractivity contribution in [1.82, 2.24) is 4.90 Å². The quantitative estimate of drug-likeness (QED) is 0.805. The highest BCUT2D eigenvalue weighted by Crippen LogP contribution is 2.23. The van der Waals surface area contributed by atoms with Crippen molar-refractivity contribution in [2.45, 2.75) is 19.9 Å². The molecule has 15 heavy (non-hydrogen) atoms. The van der Waals surface area contributed by atoms with Crippen molar-refractivity contribution in [1.29, 1.82) is 0 Å². The van der Waals surface area contributed by atoms with Crippen LogP contribution in [0.3, 0.4) is 0 Å². The Morgan fingerprint density at radius 1 is 1.60 bits per heavy atom. The predicted octanol–water partition coefficient (Wildman–Crippen LogP) is 2.66. The van der Waals surface area contributed by atoms with Gasteiger partial charge in [0.25, 0.3) is 0 Å². The Morgan fingerprint density at radius 3 is 2.73 bits per heavy atom. The number of thiophene rings is 1. The van der Waals surface area contributed by atoms with E-state index in [4.69, 9.17) is 18.0 Å². The van der Waals surface area contributed by atoms with Gasteiger partial charge in [-0.15, -0.1) is 11.3 Å². The zero-order valence-electron chi connectivity index (χ0n) is 9.43. The molecule has 0 aromatic carbocycles. The minimum absolute atomic E-state index is 0.271. The third kappa shape index (κ3) is 3.55. The van der Waals surface area contributed by atoms with Crippen molar-refractivity contribution >= 4 is 28.5 Å². The van der Waals surface area contributed by atoms with E-state index in [0.29, 0.717) is 11.0 Å². The lowest BCUT2D eigenvalue weighted by Gasteiger charge is -2.26. The summed E-state index contributed by atoms with van der Waals surface area (Å²) in [7, 11) is 2.11. The van der Waals surface area contributed by atoms with Crippen molar-refractivity contribution < 1.29 is 0 Å². The topological polar surface area (TPSA) is 29.3 Å². The van der Waals surface area contributed by atoms with E-state index in [9.17, 15) is 0 Å². The average Bonchev–Trinajstić information content (AvgIpc) is 2.68. The van der Waals surface area contributed by atoms with E-state index in [1.54, 1.807) is 11.3 Å². The monoisotopic (exact) mass is 242 g/mol. The zero-order chi connectivity index (χ0) is 11.4. The standard InChI is InChI=1S/C11H18N2S2/c1-8(11(12)14)7-13(3)9(2)10-5-4-6-15-10/h4-6,8-9H,7H2,1-3H3,(H2,12,14). The Balaban J connectivity index is 2.54. The molecule has 0 spiro atoms. The molecule has 0 aliphatic heterocycles. The van der Waals surface area contributed by atoms with Crippen LogP contribution in [0.5, 0.6) is 0 Å². The van der Waals surface area contributed by atoms with Crippen LogP contribution in [-0.4, -0.2) is 23.5 Å². The number of nitrogens with two attached hydrogens (primary N) is 1. The number of hydrogen-bond acceptors (Lipinski definition) is 3. The van der Waals surface area contributed by atoms with Crippen molar-refractivity contribution in [3.63, 3.8) is 0 Å². The molecular weight excluding hydrogens is 224 g/mol. The summed E-state index contributed by atoms with van der Waals surface area (Å²) >= 11 is 6.77. The number of nitrogens with zero attached hydrogens (tertiary/aromatic N) is 1. The van der Waals surface area contributed by atoms with E-state index in [-0.39, 0.29) is 5.92 Å². The summed E-state index contributed by atoms with van der Waals surface area (Å²) in [6.07, 6.45) is 0. The fourth-order valence-corrected chi connectivity index (χ4v) is 2.35. The van der Waals surface area contributed by atoms with Gasteiger partial charge in [0, 0.05) is 23.4 Å². The van der Waals surface area contributed by atoms with Gasteiger partial charge in [-0.2, -0.15) is 0 Å². The highest BCUT2D eigenvalue weighted by Gasteiger charge is 2.16. The first-order valence-corrected chi connectivity index (χ1v) is 6.34. The second kappa shape index (κ2) is 5.58. The summed E-state index contributed by atoms with van der Waals surface area (Å²) in [5.41, 5.74) is 5.61. The predicted molar refractivity (Wildman–Crippen MR) is 71.3 cm³/mol. The van der Waals surface area contributed by atoms with Crippen LogP contribution in [0.1, 0.15) is 24.8 Å². The normalized spacial score (nSPS) is 15.2. The summed E-state index contributed by atoms with van der Waals surface area (Å²) in [6.45, 7) is 5.19. The summed E-state index contributed by atoms with van der Waals surface area (Å²) in [6, 6.07) is 4.68. The molecule has 2 atom stereocenters. The first-order chi connectivity index (χ1) is 7.02. The van der Waals surface area contributed by atoms with Gasteiger partial charge in [-0.25, -0.2) is 0 Å². The van der Waals surface area contributed by atoms with Crippen molar-refractivity contribution in [2.75, 3.05) is 13.6 Å². The lowest BCUT2D eigenvalue weighted by atomic mass is 10.1. The van der Waals surface area contributed by atoms with Gasteiger partial charge in [-0.1, -0.05) is 25.2 Å². The molecule has 0 bridgehead atoms. The number of rotatable bonds is 5. The van der Waals surface area contributed by atoms with Crippen LogP contribution in [0.2, 0.25) is 0 Å². The summed E-state index contributed by atoms with van der Waals surface area (Å²) in [5.74, 6) is 0.271. The van der Waals surface area contributed by atoms with E-state index < -0.39 is 0 Å². The van der Waals surface area contributed by atoms with Gasteiger partial charge in [-0.3, -0.25) is 4.90 Å². The Morgan fingerprint density at radius 2 is 2.27 bits per heavy atom. The zero-order valence-corrected chi connectivity index (χ0v) is 11.1. The average molecular weight is 242 g/mol. The summed E-state index contributed by atoms with van der Waals surface area (Å²) in [4.78, 5) is 4.27. The van der Waals surface area contributed by atoms with Crippen LogP contribution >= 0.6 is 23.6 Å². The summed E-state index contributed by atoms with van der Waals surface area (Å²) in [5, 5.41) is 2.11. The molecule has 0 aliphatic rings. The van der Waals surface area contributed by atoms with Crippen molar-refractivity contribution in [2.24, 2.45) is 11.7 Å². The molecule has 0 amide bonds. The maximum Gasteiger partial charge on any atom is 0.0768 e. The highest BCUT2D eigenvalue weighted by molar-refractivity contribution is 7.80. The molecule has 0 radical (unpaired) electrons. The lowest BCUT2D eigenvalue weighted by Crippen LogP contribution is -2.32. The van der Waals surface area contributed by atoms with Crippen molar-refractivity contribution in [3.8, 4) is 0 Å². The van der Waals surface area contributed by atoms with Gasteiger partial charge >= 0.3 is 0 Å². The molecule has 2 unspecified atom stereocenters. The number of hydrogen-bond donors (Lipinski definition) is 1. The molecular formula is C11H18N2S2. The van der Waals surface area contributed by atoms with Crippen LogP contribution in [0.25, 0.3) is 0 Å². The Kier molecular flexibility index (Phi) is 4.70. The first-order valence-electron chi connectivity index (χ1n) is 5.05. The SMILES string of the molecule is CC(CN(C)C(C)c1cccs1)C(N)=S. The Bertz CT molecular complexity index is 308. The minimum atomic E-state index is 0.271. The molecule has 0 saturated heterocycles. The van der Waals surface area contributed by atoms with Crippen LogP contribution in [0.4, 0.5) is 0 Å². The molecule has 0 aliphatic carbocycles. The second-order valence-electron chi connectivity index (χ2n) is 3.93. The lowest BCUT2D eigenvalue weighted by molar-refractivity contribution is 0.250. The van der Waals surface area contributed by atoms with E-state index in [1.165, 1.54) is 4.88 Å². The molecule has 2 nitrogen and oxygen atoms in total. The van der Waals surface area contributed by atoms with Gasteiger partial charge < -0.3 is 5.73 Å². The molecule has 1 heterocycles. The number of thiocarbonyl (C=S) groups is 1. The van der Waals surface area contributed by atoms with Gasteiger partial charge in [-0.05, 0) is 25.4 Å². The van der Waals surface area contributed by atoms with Crippen LogP contribution < -0.4 is 5.73 Å². The van der Waals surface area contributed by atoms with Crippen LogP contribution in [0, 0.1) is 5.92 Å². The van der Waals surface area contributed by atoms with E-state index in [1.807, 2.05) is 0 Å². The molecule has 0 saturated carbocycles. The third-order valence-corrected chi connectivity index (χ3v) is 4.11. The molecule has 1 rings (SSSR count). The van der Waals surface area contributed by atoms with Gasteiger partial charge in [0.05, 0.1) is 4.99 Å².